The molecule has 1 N–H and O–H groups in total. The minimum Gasteiger partial charge on any atom is -0.496 e. The Bertz CT molecular complexity index is 987. The number of hydrogen-bond acceptors (Lipinski definition) is 3. The molecule has 0 spiro atoms. The standard InChI is InChI=1S/C20H21N3O3/c1-14-19(20(25)23(22(14)2)16-10-5-4-6-11-16)21-18(24)13-15-9-7-8-12-17(15)26-3/h4-12H,13H2,1-3H3,(H,21,24). The molecular formula is C20H21N3O3. The van der Waals surface area contributed by atoms with Crippen molar-refractivity contribution in [2.24, 2.45) is 7.05 Å². The minimum absolute atomic E-state index is 0.128. The van der Waals surface area contributed by atoms with E-state index in [0.717, 1.165) is 11.3 Å². The molecule has 0 bridgehead atoms. The van der Waals surface area contributed by atoms with Crippen LogP contribution in [-0.4, -0.2) is 22.4 Å². The summed E-state index contributed by atoms with van der Waals surface area (Å²) in [6, 6.07) is 16.6. The second-order valence-electron chi connectivity index (χ2n) is 5.97. The van der Waals surface area contributed by atoms with Crippen molar-refractivity contribution in [1.82, 2.24) is 9.36 Å². The Labute approximate surface area is 151 Å². The zero-order valence-corrected chi connectivity index (χ0v) is 15.0. The molecule has 0 fully saturated rings. The number of nitrogens with zero attached hydrogens (tertiary/aromatic N) is 2. The number of anilines is 1. The first-order valence-electron chi connectivity index (χ1n) is 8.28. The van der Waals surface area contributed by atoms with Gasteiger partial charge in [-0.1, -0.05) is 36.4 Å². The van der Waals surface area contributed by atoms with Crippen molar-refractivity contribution in [2.75, 3.05) is 12.4 Å². The van der Waals surface area contributed by atoms with E-state index in [-0.39, 0.29) is 23.6 Å². The maximum atomic E-state index is 12.8. The largest absolute Gasteiger partial charge is 0.496 e. The van der Waals surface area contributed by atoms with Crippen molar-refractivity contribution in [2.45, 2.75) is 13.3 Å². The van der Waals surface area contributed by atoms with Gasteiger partial charge in [0.2, 0.25) is 5.91 Å². The average Bonchev–Trinajstić information content (AvgIpc) is 2.86. The van der Waals surface area contributed by atoms with Crippen molar-refractivity contribution in [3.63, 3.8) is 0 Å². The maximum Gasteiger partial charge on any atom is 0.295 e. The van der Waals surface area contributed by atoms with Crippen LogP contribution in [0.4, 0.5) is 5.69 Å². The van der Waals surface area contributed by atoms with Crippen LogP contribution in [0.3, 0.4) is 0 Å². The Hall–Kier alpha value is -3.28. The van der Waals surface area contributed by atoms with E-state index in [1.807, 2.05) is 48.5 Å². The highest BCUT2D eigenvalue weighted by molar-refractivity contribution is 5.93. The lowest BCUT2D eigenvalue weighted by molar-refractivity contribution is -0.115. The summed E-state index contributed by atoms with van der Waals surface area (Å²) in [6.45, 7) is 1.81. The van der Waals surface area contributed by atoms with Gasteiger partial charge in [-0.2, -0.15) is 0 Å². The third kappa shape index (κ3) is 3.26. The Balaban J connectivity index is 1.89. The molecule has 0 aliphatic rings. The number of carbonyl (C=O) groups is 1. The highest BCUT2D eigenvalue weighted by atomic mass is 16.5. The van der Waals surface area contributed by atoms with E-state index in [2.05, 4.69) is 5.32 Å². The molecule has 6 nitrogen and oxygen atoms in total. The van der Waals surface area contributed by atoms with Gasteiger partial charge in [0.1, 0.15) is 11.4 Å². The Morgan fingerprint density at radius 3 is 2.42 bits per heavy atom. The summed E-state index contributed by atoms with van der Waals surface area (Å²) in [5.74, 6) is 0.384. The van der Waals surface area contributed by atoms with Gasteiger partial charge < -0.3 is 10.1 Å². The Morgan fingerprint density at radius 1 is 1.08 bits per heavy atom. The molecule has 2 aromatic carbocycles. The zero-order chi connectivity index (χ0) is 18.7. The highest BCUT2D eigenvalue weighted by Crippen LogP contribution is 2.19. The van der Waals surface area contributed by atoms with Gasteiger partial charge in [0.05, 0.1) is 24.9 Å². The molecule has 0 unspecified atom stereocenters. The first kappa shape index (κ1) is 17.5. The van der Waals surface area contributed by atoms with Crippen LogP contribution < -0.4 is 15.6 Å². The van der Waals surface area contributed by atoms with Crippen LogP contribution >= 0.6 is 0 Å². The zero-order valence-electron chi connectivity index (χ0n) is 15.0. The summed E-state index contributed by atoms with van der Waals surface area (Å²) in [7, 11) is 3.36. The molecule has 6 heteroatoms. The summed E-state index contributed by atoms with van der Waals surface area (Å²) in [5.41, 5.74) is 2.23. The number of carbonyl (C=O) groups excluding carboxylic acids is 1. The fourth-order valence-electron chi connectivity index (χ4n) is 2.92. The second kappa shape index (κ2) is 7.31. The van der Waals surface area contributed by atoms with Crippen molar-refractivity contribution < 1.29 is 9.53 Å². The lowest BCUT2D eigenvalue weighted by Crippen LogP contribution is -2.23. The van der Waals surface area contributed by atoms with Crippen molar-refractivity contribution >= 4 is 11.6 Å². The van der Waals surface area contributed by atoms with Gasteiger partial charge in [0.25, 0.3) is 5.56 Å². The number of ether oxygens (including phenoxy) is 1. The normalized spacial score (nSPS) is 10.6. The smallest absolute Gasteiger partial charge is 0.295 e. The molecular weight excluding hydrogens is 330 g/mol. The number of aromatic nitrogens is 2. The number of amides is 1. The molecule has 1 aromatic heterocycles. The van der Waals surface area contributed by atoms with E-state index in [0.29, 0.717) is 11.4 Å². The van der Waals surface area contributed by atoms with Crippen LogP contribution in [0, 0.1) is 6.92 Å². The topological polar surface area (TPSA) is 65.3 Å². The Kier molecular flexibility index (Phi) is 4.93. The van der Waals surface area contributed by atoms with Gasteiger partial charge in [-0.25, -0.2) is 4.68 Å². The SMILES string of the molecule is COc1ccccc1CC(=O)Nc1c(C)n(C)n(-c2ccccc2)c1=O. The van der Waals surface area contributed by atoms with Crippen molar-refractivity contribution in [3.05, 3.63) is 76.2 Å². The first-order chi connectivity index (χ1) is 12.5. The summed E-state index contributed by atoms with van der Waals surface area (Å²) in [4.78, 5) is 25.3. The molecule has 0 saturated heterocycles. The van der Waals surface area contributed by atoms with Crippen LogP contribution in [0.25, 0.3) is 5.69 Å². The van der Waals surface area contributed by atoms with Gasteiger partial charge in [-0.3, -0.25) is 14.3 Å². The fraction of sp³-hybridized carbons (Fsp3) is 0.200. The van der Waals surface area contributed by atoms with Crippen LogP contribution in [0.1, 0.15) is 11.3 Å². The van der Waals surface area contributed by atoms with Crippen LogP contribution in [0.15, 0.2) is 59.4 Å². The molecule has 0 aliphatic carbocycles. The quantitative estimate of drug-likeness (QED) is 0.769. The van der Waals surface area contributed by atoms with E-state index < -0.39 is 0 Å². The second-order valence-corrected chi connectivity index (χ2v) is 5.97. The molecule has 0 atom stereocenters. The van der Waals surface area contributed by atoms with Crippen molar-refractivity contribution in [3.8, 4) is 11.4 Å². The predicted molar refractivity (Wildman–Crippen MR) is 101 cm³/mol. The van der Waals surface area contributed by atoms with E-state index in [4.69, 9.17) is 4.74 Å². The third-order valence-corrected chi connectivity index (χ3v) is 4.36. The van der Waals surface area contributed by atoms with Crippen LogP contribution in [0.5, 0.6) is 5.75 Å². The average molecular weight is 351 g/mol. The molecule has 0 radical (unpaired) electrons. The summed E-state index contributed by atoms with van der Waals surface area (Å²) in [6.07, 6.45) is 0.128. The number of para-hydroxylation sites is 2. The number of benzene rings is 2. The number of methoxy groups -OCH3 is 1. The third-order valence-electron chi connectivity index (χ3n) is 4.36. The molecule has 0 aliphatic heterocycles. The van der Waals surface area contributed by atoms with Crippen LogP contribution in [-0.2, 0) is 18.3 Å². The first-order valence-corrected chi connectivity index (χ1v) is 8.28. The lowest BCUT2D eigenvalue weighted by atomic mass is 10.1. The summed E-state index contributed by atoms with van der Waals surface area (Å²) < 4.78 is 8.54. The van der Waals surface area contributed by atoms with Gasteiger partial charge >= 0.3 is 0 Å². The number of rotatable bonds is 5. The van der Waals surface area contributed by atoms with Gasteiger partial charge in [0, 0.05) is 12.6 Å². The van der Waals surface area contributed by atoms with Gasteiger partial charge in [0.15, 0.2) is 0 Å². The monoisotopic (exact) mass is 351 g/mol. The predicted octanol–water partition coefficient (Wildman–Crippen LogP) is 2.67. The molecule has 1 heterocycles. The minimum atomic E-state index is -0.263. The molecule has 3 aromatic rings. The fourth-order valence-corrected chi connectivity index (χ4v) is 2.92. The molecule has 26 heavy (non-hydrogen) atoms. The molecule has 3 rings (SSSR count). The Morgan fingerprint density at radius 2 is 1.73 bits per heavy atom. The number of nitrogens with one attached hydrogen (secondary N) is 1. The maximum absolute atomic E-state index is 12.8. The van der Waals surface area contributed by atoms with E-state index in [1.165, 1.54) is 4.68 Å². The van der Waals surface area contributed by atoms with E-state index in [9.17, 15) is 9.59 Å². The summed E-state index contributed by atoms with van der Waals surface area (Å²) in [5, 5.41) is 2.76. The highest BCUT2D eigenvalue weighted by Gasteiger charge is 2.18. The lowest BCUT2D eigenvalue weighted by Gasteiger charge is -2.08. The molecule has 1 amide bonds. The van der Waals surface area contributed by atoms with Crippen molar-refractivity contribution in [1.29, 1.82) is 0 Å². The van der Waals surface area contributed by atoms with Crippen LogP contribution in [0.2, 0.25) is 0 Å². The summed E-state index contributed by atoms with van der Waals surface area (Å²) >= 11 is 0. The van der Waals surface area contributed by atoms with Gasteiger partial charge in [-0.15, -0.1) is 0 Å². The van der Waals surface area contributed by atoms with E-state index >= 15 is 0 Å². The van der Waals surface area contributed by atoms with E-state index in [1.54, 1.807) is 31.8 Å². The number of hydrogen-bond donors (Lipinski definition) is 1. The molecule has 0 saturated carbocycles. The van der Waals surface area contributed by atoms with Gasteiger partial charge in [-0.05, 0) is 25.1 Å². The molecule has 134 valence electrons.